The number of hydrogen-bond donors (Lipinski definition) is 0. The zero-order valence-electron chi connectivity index (χ0n) is 12.0. The van der Waals surface area contributed by atoms with E-state index in [1.54, 1.807) is 47.9 Å². The van der Waals surface area contributed by atoms with Crippen molar-refractivity contribution in [2.24, 2.45) is 0 Å². The van der Waals surface area contributed by atoms with Gasteiger partial charge in [-0.05, 0) is 18.2 Å². The van der Waals surface area contributed by atoms with Gasteiger partial charge in [-0.25, -0.2) is 24.6 Å². The summed E-state index contributed by atoms with van der Waals surface area (Å²) in [5, 5.41) is 4.31. The summed E-state index contributed by atoms with van der Waals surface area (Å²) in [4.78, 5) is 21.3. The third-order valence-electron chi connectivity index (χ3n) is 3.21. The first-order valence-electron chi connectivity index (χ1n) is 6.96. The summed E-state index contributed by atoms with van der Waals surface area (Å²) in [5.74, 6) is 1.25. The van der Waals surface area contributed by atoms with Gasteiger partial charge in [0, 0.05) is 36.5 Å². The van der Waals surface area contributed by atoms with E-state index in [1.807, 2.05) is 24.4 Å². The highest BCUT2D eigenvalue weighted by Crippen LogP contribution is 2.20. The summed E-state index contributed by atoms with van der Waals surface area (Å²) in [5.41, 5.74) is 2.40. The second kappa shape index (κ2) is 5.72. The molecule has 110 valence electrons. The highest BCUT2D eigenvalue weighted by molar-refractivity contribution is 5.61. The topological polar surface area (TPSA) is 82.3 Å². The molecule has 7 nitrogen and oxygen atoms in total. The van der Waals surface area contributed by atoms with Crippen LogP contribution in [0.15, 0.2) is 67.6 Å². The van der Waals surface area contributed by atoms with Crippen LogP contribution in [-0.4, -0.2) is 34.7 Å². The Balaban J connectivity index is 1.71. The molecule has 0 atom stereocenters. The summed E-state index contributed by atoms with van der Waals surface area (Å²) >= 11 is 0. The second-order valence-corrected chi connectivity index (χ2v) is 4.72. The molecule has 0 amide bonds. The lowest BCUT2D eigenvalue weighted by molar-refractivity contribution is 0.838. The molecule has 0 fully saturated rings. The van der Waals surface area contributed by atoms with Crippen molar-refractivity contribution in [3.63, 3.8) is 0 Å². The van der Waals surface area contributed by atoms with E-state index in [-0.39, 0.29) is 0 Å². The van der Waals surface area contributed by atoms with Gasteiger partial charge in [-0.15, -0.1) is 0 Å². The van der Waals surface area contributed by atoms with Gasteiger partial charge in [-0.3, -0.25) is 4.98 Å². The standard InChI is InChI=1S/C16H11N7/c1-3-13(22-14(4-1)16-19-5-2-6-20-16)12-9-21-23(11-12)15-10-17-7-8-18-15/h1-11H. The van der Waals surface area contributed by atoms with Crippen LogP contribution < -0.4 is 0 Å². The third-order valence-corrected chi connectivity index (χ3v) is 3.21. The number of nitrogens with zero attached hydrogens (tertiary/aromatic N) is 7. The molecular weight excluding hydrogens is 290 g/mol. The first kappa shape index (κ1) is 13.2. The average molecular weight is 301 g/mol. The number of aromatic nitrogens is 7. The minimum atomic E-state index is 0.593. The van der Waals surface area contributed by atoms with Gasteiger partial charge in [0.05, 0.1) is 18.1 Å². The summed E-state index contributed by atoms with van der Waals surface area (Å²) in [6.45, 7) is 0. The van der Waals surface area contributed by atoms with Crippen molar-refractivity contribution in [2.75, 3.05) is 0 Å². The zero-order chi connectivity index (χ0) is 15.5. The molecule has 0 unspecified atom stereocenters. The van der Waals surface area contributed by atoms with Gasteiger partial charge >= 0.3 is 0 Å². The lowest BCUT2D eigenvalue weighted by Crippen LogP contribution is -1.97. The smallest absolute Gasteiger partial charge is 0.178 e. The molecule has 7 heteroatoms. The molecule has 0 aromatic carbocycles. The van der Waals surface area contributed by atoms with Crippen LogP contribution in [0.3, 0.4) is 0 Å². The van der Waals surface area contributed by atoms with Crippen molar-refractivity contribution in [3.05, 3.63) is 67.6 Å². The fourth-order valence-corrected chi connectivity index (χ4v) is 2.14. The minimum Gasteiger partial charge on any atom is -0.259 e. The van der Waals surface area contributed by atoms with Gasteiger partial charge in [-0.1, -0.05) is 6.07 Å². The highest BCUT2D eigenvalue weighted by Gasteiger charge is 2.08. The zero-order valence-corrected chi connectivity index (χ0v) is 12.0. The first-order chi connectivity index (χ1) is 11.4. The molecular formula is C16H11N7. The maximum Gasteiger partial charge on any atom is 0.178 e. The predicted octanol–water partition coefficient (Wildman–Crippen LogP) is 2.18. The lowest BCUT2D eigenvalue weighted by atomic mass is 10.2. The Labute approximate surface area is 131 Å². The summed E-state index contributed by atoms with van der Waals surface area (Å²) < 4.78 is 1.66. The van der Waals surface area contributed by atoms with Crippen molar-refractivity contribution >= 4 is 0 Å². The van der Waals surface area contributed by atoms with Crippen molar-refractivity contribution in [2.45, 2.75) is 0 Å². The van der Waals surface area contributed by atoms with Crippen molar-refractivity contribution in [3.8, 4) is 28.6 Å². The van der Waals surface area contributed by atoms with Crippen LogP contribution >= 0.6 is 0 Å². The van der Waals surface area contributed by atoms with Gasteiger partial charge in [0.25, 0.3) is 0 Å². The minimum absolute atomic E-state index is 0.593. The van der Waals surface area contributed by atoms with E-state index < -0.39 is 0 Å². The molecule has 4 aromatic rings. The van der Waals surface area contributed by atoms with E-state index in [2.05, 4.69) is 30.0 Å². The molecule has 0 aliphatic rings. The van der Waals surface area contributed by atoms with Gasteiger partial charge in [0.2, 0.25) is 0 Å². The van der Waals surface area contributed by atoms with Crippen LogP contribution in [0, 0.1) is 0 Å². The molecule has 4 rings (SSSR count). The van der Waals surface area contributed by atoms with Crippen LogP contribution in [0.5, 0.6) is 0 Å². The number of hydrogen-bond acceptors (Lipinski definition) is 6. The van der Waals surface area contributed by atoms with Gasteiger partial charge in [-0.2, -0.15) is 5.10 Å². The second-order valence-electron chi connectivity index (χ2n) is 4.72. The van der Waals surface area contributed by atoms with E-state index in [0.717, 1.165) is 17.0 Å². The summed E-state index contributed by atoms with van der Waals surface area (Å²) in [6, 6.07) is 7.50. The van der Waals surface area contributed by atoms with Gasteiger partial charge in [0.1, 0.15) is 5.69 Å². The lowest BCUT2D eigenvalue weighted by Gasteiger charge is -2.01. The van der Waals surface area contributed by atoms with Crippen LogP contribution in [0.2, 0.25) is 0 Å². The summed E-state index contributed by atoms with van der Waals surface area (Å²) in [6.07, 6.45) is 11.9. The Morgan fingerprint density at radius 2 is 1.65 bits per heavy atom. The quantitative estimate of drug-likeness (QED) is 0.577. The number of rotatable bonds is 3. The van der Waals surface area contributed by atoms with E-state index in [4.69, 9.17) is 0 Å². The Morgan fingerprint density at radius 3 is 2.48 bits per heavy atom. The maximum absolute atomic E-state index is 4.61. The number of pyridine rings is 1. The monoisotopic (exact) mass is 301 g/mol. The SMILES string of the molecule is c1cnc(-c2cccc(-c3cnn(-c4cnccn4)c3)n2)nc1. The molecule has 0 spiro atoms. The van der Waals surface area contributed by atoms with Gasteiger partial charge in [0.15, 0.2) is 11.6 Å². The molecule has 4 heterocycles. The van der Waals surface area contributed by atoms with Crippen LogP contribution in [0.4, 0.5) is 0 Å². The molecule has 23 heavy (non-hydrogen) atoms. The van der Waals surface area contributed by atoms with E-state index >= 15 is 0 Å². The third kappa shape index (κ3) is 2.67. The van der Waals surface area contributed by atoms with Crippen molar-refractivity contribution in [1.82, 2.24) is 34.7 Å². The maximum atomic E-state index is 4.61. The van der Waals surface area contributed by atoms with Crippen LogP contribution in [0.1, 0.15) is 0 Å². The fraction of sp³-hybridized carbons (Fsp3) is 0. The largest absolute Gasteiger partial charge is 0.259 e. The molecule has 0 saturated carbocycles. The van der Waals surface area contributed by atoms with E-state index in [9.17, 15) is 0 Å². The molecule has 0 aliphatic carbocycles. The Morgan fingerprint density at radius 1 is 0.783 bits per heavy atom. The van der Waals surface area contributed by atoms with Crippen LogP contribution in [-0.2, 0) is 0 Å². The Bertz CT molecular complexity index is 919. The molecule has 0 saturated heterocycles. The summed E-state index contributed by atoms with van der Waals surface area (Å²) in [7, 11) is 0. The van der Waals surface area contributed by atoms with Crippen molar-refractivity contribution < 1.29 is 0 Å². The molecule has 4 aromatic heterocycles. The normalized spacial score (nSPS) is 10.6. The Hall–Kier alpha value is -3.48. The molecule has 0 N–H and O–H groups in total. The molecule has 0 aliphatic heterocycles. The predicted molar refractivity (Wildman–Crippen MR) is 83.4 cm³/mol. The van der Waals surface area contributed by atoms with Crippen molar-refractivity contribution in [1.29, 1.82) is 0 Å². The van der Waals surface area contributed by atoms with E-state index in [1.165, 1.54) is 0 Å². The first-order valence-corrected chi connectivity index (χ1v) is 6.96. The van der Waals surface area contributed by atoms with Crippen LogP contribution in [0.25, 0.3) is 28.6 Å². The Kier molecular flexibility index (Phi) is 3.28. The van der Waals surface area contributed by atoms with Gasteiger partial charge < -0.3 is 0 Å². The van der Waals surface area contributed by atoms with E-state index in [0.29, 0.717) is 11.6 Å². The molecule has 0 radical (unpaired) electrons. The highest BCUT2D eigenvalue weighted by atomic mass is 15.3. The molecule has 0 bridgehead atoms. The average Bonchev–Trinajstić information content (AvgIpc) is 3.14. The fourth-order valence-electron chi connectivity index (χ4n) is 2.14.